The molecule has 1 aromatic heterocycles. The average molecular weight is 677 g/mol. The number of likely N-dealkylation sites (tertiary alicyclic amines) is 1. The number of thiophene rings is 1. The van der Waals surface area contributed by atoms with E-state index >= 15 is 0 Å². The molecule has 2 heterocycles. The fraction of sp³-hybridized carbons (Fsp3) is 0.333. The molecule has 48 heavy (non-hydrogen) atoms. The lowest BCUT2D eigenvalue weighted by molar-refractivity contribution is -0.139. The number of benzene rings is 2. The minimum absolute atomic E-state index is 0.119. The highest BCUT2D eigenvalue weighted by molar-refractivity contribution is 7.10. The van der Waals surface area contributed by atoms with Crippen LogP contribution in [0.5, 0.6) is 11.5 Å². The van der Waals surface area contributed by atoms with Gasteiger partial charge in [-0.1, -0.05) is 18.2 Å². The molecule has 14 nitrogen and oxygen atoms in total. The van der Waals surface area contributed by atoms with Gasteiger partial charge in [-0.3, -0.25) is 29.9 Å². The quantitative estimate of drug-likeness (QED) is 0.0851. The van der Waals surface area contributed by atoms with Gasteiger partial charge in [-0.25, -0.2) is 4.79 Å². The molecule has 1 aliphatic carbocycles. The SMILES string of the molecule is CC(=O)NCCOC[C@@]12C[C@@H]1N(C(=O)CNC(=O)c1ccc(Oc3ccccc3)cc1)[C@H](C(=O)NCc1cc(C(=N)NC(=O)O)cs1)C2. The Morgan fingerprint density at radius 1 is 0.979 bits per heavy atom. The van der Waals surface area contributed by atoms with Crippen molar-refractivity contribution < 1.29 is 38.6 Å². The molecule has 3 atom stereocenters. The Morgan fingerprint density at radius 2 is 1.71 bits per heavy atom. The molecule has 252 valence electrons. The van der Waals surface area contributed by atoms with Gasteiger partial charge in [-0.05, 0) is 55.3 Å². The summed E-state index contributed by atoms with van der Waals surface area (Å²) in [7, 11) is 0. The number of fused-ring (bicyclic) bond motifs is 1. The number of para-hydroxylation sites is 1. The van der Waals surface area contributed by atoms with E-state index in [9.17, 15) is 24.0 Å². The topological polar surface area (TPSA) is 199 Å². The van der Waals surface area contributed by atoms with Crippen molar-refractivity contribution in [1.82, 2.24) is 26.2 Å². The molecule has 0 unspecified atom stereocenters. The summed E-state index contributed by atoms with van der Waals surface area (Å²) in [5, 5.41) is 28.5. The highest BCUT2D eigenvalue weighted by atomic mass is 32.1. The second-order valence-electron chi connectivity index (χ2n) is 11.6. The van der Waals surface area contributed by atoms with Gasteiger partial charge in [0.05, 0.1) is 26.3 Å². The predicted octanol–water partition coefficient (Wildman–Crippen LogP) is 2.69. The first kappa shape index (κ1) is 34.1. The molecule has 0 spiro atoms. The van der Waals surface area contributed by atoms with E-state index in [1.54, 1.807) is 35.7 Å². The van der Waals surface area contributed by atoms with Crippen LogP contribution in [0.3, 0.4) is 0 Å². The molecule has 1 saturated carbocycles. The summed E-state index contributed by atoms with van der Waals surface area (Å²) in [5.74, 6) is -0.450. The molecule has 1 saturated heterocycles. The number of amides is 5. The maximum Gasteiger partial charge on any atom is 0.410 e. The summed E-state index contributed by atoms with van der Waals surface area (Å²) in [6.45, 7) is 2.16. The number of nitrogens with one attached hydrogen (secondary N) is 5. The van der Waals surface area contributed by atoms with Crippen molar-refractivity contribution in [2.45, 2.75) is 38.4 Å². The number of rotatable bonds is 14. The largest absolute Gasteiger partial charge is 0.465 e. The zero-order chi connectivity index (χ0) is 34.3. The van der Waals surface area contributed by atoms with Crippen molar-refractivity contribution in [1.29, 1.82) is 5.41 Å². The van der Waals surface area contributed by atoms with Crippen molar-refractivity contribution in [2.24, 2.45) is 5.41 Å². The van der Waals surface area contributed by atoms with Crippen LogP contribution in [0.2, 0.25) is 0 Å². The van der Waals surface area contributed by atoms with E-state index in [-0.39, 0.29) is 43.4 Å². The number of hydrogen-bond acceptors (Lipinski definition) is 9. The van der Waals surface area contributed by atoms with Gasteiger partial charge in [-0.15, -0.1) is 11.3 Å². The van der Waals surface area contributed by atoms with E-state index < -0.39 is 29.4 Å². The standard InChI is InChI=1S/C33H36N6O8S/c1-20(40)35-11-12-46-19-33-14-26(31(43)36-16-25-13-22(18-48-25)29(34)38-32(44)45)39(27(33)15-33)28(41)17-37-30(42)21-7-9-24(10-8-21)47-23-5-3-2-4-6-23/h2-10,13,18,26-27H,11-12,14-17,19H2,1H3,(H2,34,38)(H,35,40)(H,36,43)(H,37,42)(H,44,45)/t26-,27-,33+/m0/s1. The van der Waals surface area contributed by atoms with Crippen LogP contribution in [0.1, 0.15) is 40.6 Å². The number of ether oxygens (including phenoxy) is 2. The number of hydrogen-bond donors (Lipinski definition) is 6. The monoisotopic (exact) mass is 676 g/mol. The zero-order valence-corrected chi connectivity index (χ0v) is 26.9. The molecule has 2 aliphatic rings. The van der Waals surface area contributed by atoms with E-state index in [0.717, 1.165) is 0 Å². The van der Waals surface area contributed by atoms with Crippen molar-refractivity contribution >= 4 is 46.9 Å². The van der Waals surface area contributed by atoms with Crippen LogP contribution in [0.25, 0.3) is 0 Å². The van der Waals surface area contributed by atoms with Gasteiger partial charge in [0.15, 0.2) is 0 Å². The van der Waals surface area contributed by atoms with Crippen LogP contribution in [0.4, 0.5) is 4.79 Å². The molecule has 5 rings (SSSR count). The van der Waals surface area contributed by atoms with Gasteiger partial charge in [0.25, 0.3) is 5.91 Å². The van der Waals surface area contributed by atoms with Crippen molar-refractivity contribution in [3.8, 4) is 11.5 Å². The number of amidine groups is 1. The Morgan fingerprint density at radius 3 is 2.42 bits per heavy atom. The Kier molecular flexibility index (Phi) is 10.7. The number of piperidine rings is 1. The molecular weight excluding hydrogens is 640 g/mol. The summed E-state index contributed by atoms with van der Waals surface area (Å²) in [6.07, 6.45) is -0.331. The number of nitrogens with zero attached hydrogens (tertiary/aromatic N) is 1. The van der Waals surface area contributed by atoms with Crippen molar-refractivity contribution in [3.63, 3.8) is 0 Å². The van der Waals surface area contributed by atoms with Crippen LogP contribution in [-0.4, -0.2) is 84.0 Å². The maximum atomic E-state index is 13.6. The highest BCUT2D eigenvalue weighted by Crippen LogP contribution is 2.59. The Bertz CT molecular complexity index is 1680. The molecular formula is C33H36N6O8S. The van der Waals surface area contributed by atoms with Gasteiger partial charge < -0.3 is 35.4 Å². The number of carbonyl (C=O) groups is 5. The fourth-order valence-corrected chi connectivity index (χ4v) is 6.53. The molecule has 5 amide bonds. The maximum absolute atomic E-state index is 13.6. The normalized spacial score (nSPS) is 19.1. The fourth-order valence-electron chi connectivity index (χ4n) is 5.72. The minimum atomic E-state index is -1.35. The predicted molar refractivity (Wildman–Crippen MR) is 175 cm³/mol. The summed E-state index contributed by atoms with van der Waals surface area (Å²) < 4.78 is 11.6. The lowest BCUT2D eigenvalue weighted by Crippen LogP contribution is -2.50. The Labute approximate surface area is 280 Å². The lowest BCUT2D eigenvalue weighted by atomic mass is 10.00. The smallest absolute Gasteiger partial charge is 0.410 e. The minimum Gasteiger partial charge on any atom is -0.465 e. The average Bonchev–Trinajstić information content (AvgIpc) is 3.38. The summed E-state index contributed by atoms with van der Waals surface area (Å²) in [4.78, 5) is 64.2. The first-order valence-electron chi connectivity index (χ1n) is 15.2. The molecule has 3 aromatic rings. The Hall–Kier alpha value is -5.28. The first-order valence-corrected chi connectivity index (χ1v) is 16.1. The molecule has 1 aliphatic heterocycles. The summed E-state index contributed by atoms with van der Waals surface area (Å²) in [5.41, 5.74) is 0.296. The van der Waals surface area contributed by atoms with E-state index in [1.807, 2.05) is 35.6 Å². The second kappa shape index (κ2) is 15.1. The molecule has 2 aromatic carbocycles. The third kappa shape index (κ3) is 8.54. The van der Waals surface area contributed by atoms with Gasteiger partial charge in [0, 0.05) is 46.3 Å². The summed E-state index contributed by atoms with van der Waals surface area (Å²) in [6, 6.07) is 16.3. The van der Waals surface area contributed by atoms with Gasteiger partial charge >= 0.3 is 6.09 Å². The molecule has 15 heteroatoms. The van der Waals surface area contributed by atoms with Crippen LogP contribution < -0.4 is 26.0 Å². The molecule has 0 radical (unpaired) electrons. The number of carboxylic acid groups (broad SMARTS) is 1. The second-order valence-corrected chi connectivity index (χ2v) is 12.6. The molecule has 6 N–H and O–H groups in total. The van der Waals surface area contributed by atoms with E-state index in [2.05, 4.69) is 16.0 Å². The zero-order valence-electron chi connectivity index (χ0n) is 26.1. The number of carbonyl (C=O) groups excluding carboxylic acids is 4. The molecule has 2 fully saturated rings. The van der Waals surface area contributed by atoms with E-state index in [4.69, 9.17) is 20.0 Å². The van der Waals surface area contributed by atoms with Crippen LogP contribution in [0.15, 0.2) is 66.0 Å². The van der Waals surface area contributed by atoms with Crippen molar-refractivity contribution in [3.05, 3.63) is 82.0 Å². The van der Waals surface area contributed by atoms with Crippen LogP contribution in [0, 0.1) is 10.8 Å². The highest BCUT2D eigenvalue weighted by Gasteiger charge is 2.67. The summed E-state index contributed by atoms with van der Waals surface area (Å²) >= 11 is 1.26. The van der Waals surface area contributed by atoms with Gasteiger partial charge in [0.1, 0.15) is 23.4 Å². The van der Waals surface area contributed by atoms with Gasteiger partial charge in [0.2, 0.25) is 17.7 Å². The van der Waals surface area contributed by atoms with Crippen LogP contribution >= 0.6 is 11.3 Å². The molecule has 0 bridgehead atoms. The van der Waals surface area contributed by atoms with Gasteiger partial charge in [-0.2, -0.15) is 0 Å². The van der Waals surface area contributed by atoms with Crippen molar-refractivity contribution in [2.75, 3.05) is 26.3 Å². The third-order valence-corrected chi connectivity index (χ3v) is 9.06. The lowest BCUT2D eigenvalue weighted by Gasteiger charge is -2.27. The third-order valence-electron chi connectivity index (χ3n) is 8.13. The van der Waals surface area contributed by atoms with Crippen LogP contribution in [-0.2, 0) is 25.7 Å². The Balaban J connectivity index is 1.19. The first-order chi connectivity index (χ1) is 23.0. The van der Waals surface area contributed by atoms with E-state index in [1.165, 1.54) is 23.2 Å². The van der Waals surface area contributed by atoms with E-state index in [0.29, 0.717) is 53.5 Å².